The largest absolute Gasteiger partial charge is 0.616 e. The van der Waals surface area contributed by atoms with Gasteiger partial charge < -0.3 is 4.55 Å². The van der Waals surface area contributed by atoms with Crippen LogP contribution < -0.4 is 0 Å². The molecule has 0 bridgehead atoms. The molecule has 0 N–H and O–H groups in total. The van der Waals surface area contributed by atoms with Gasteiger partial charge in [0.2, 0.25) is 0 Å². The Morgan fingerprint density at radius 1 is 1.73 bits per heavy atom. The zero-order chi connectivity index (χ0) is 8.43. The summed E-state index contributed by atoms with van der Waals surface area (Å²) in [6, 6.07) is 1.45. The van der Waals surface area contributed by atoms with E-state index in [4.69, 9.17) is 5.26 Å². The molecule has 3 atom stereocenters. The lowest BCUT2D eigenvalue weighted by molar-refractivity contribution is 0.225. The molecule has 2 nitrogen and oxygen atoms in total. The van der Waals surface area contributed by atoms with Crippen LogP contribution >= 0.6 is 0 Å². The van der Waals surface area contributed by atoms with Gasteiger partial charge in [-0.05, 0) is 11.2 Å². The van der Waals surface area contributed by atoms with E-state index >= 15 is 0 Å². The lowest BCUT2D eigenvalue weighted by atomic mass is 10.1. The van der Waals surface area contributed by atoms with Gasteiger partial charge in [-0.1, -0.05) is 0 Å². The topological polar surface area (TPSA) is 46.8 Å². The molecule has 1 aliphatic heterocycles. The Morgan fingerprint density at radius 2 is 2.36 bits per heavy atom. The SMILES string of the molecule is N#CC([C](F)F)C1CC[S+]1[O-]. The Bertz CT molecular complexity index is 182. The average molecular weight is 178 g/mol. The van der Waals surface area contributed by atoms with Crippen molar-refractivity contribution >= 4 is 11.2 Å². The van der Waals surface area contributed by atoms with E-state index in [1.165, 1.54) is 6.07 Å². The van der Waals surface area contributed by atoms with E-state index in [0.29, 0.717) is 12.2 Å². The number of nitriles is 1. The van der Waals surface area contributed by atoms with Gasteiger partial charge in [0, 0.05) is 6.42 Å². The summed E-state index contributed by atoms with van der Waals surface area (Å²) in [5.74, 6) is -0.958. The van der Waals surface area contributed by atoms with Crippen molar-refractivity contribution in [3.8, 4) is 6.07 Å². The van der Waals surface area contributed by atoms with Crippen molar-refractivity contribution < 1.29 is 13.3 Å². The van der Waals surface area contributed by atoms with Gasteiger partial charge >= 0.3 is 6.43 Å². The highest BCUT2D eigenvalue weighted by atomic mass is 32.2. The van der Waals surface area contributed by atoms with E-state index in [0.717, 1.165) is 0 Å². The Kier molecular flexibility index (Phi) is 2.68. The Labute approximate surface area is 66.4 Å². The first-order valence-electron chi connectivity index (χ1n) is 3.11. The molecule has 1 fully saturated rings. The van der Waals surface area contributed by atoms with Gasteiger partial charge in [0.1, 0.15) is 11.0 Å². The number of hydrogen-bond donors (Lipinski definition) is 0. The molecule has 11 heavy (non-hydrogen) atoms. The highest BCUT2D eigenvalue weighted by Crippen LogP contribution is 2.33. The highest BCUT2D eigenvalue weighted by molar-refractivity contribution is 7.93. The van der Waals surface area contributed by atoms with Crippen LogP contribution in [0.1, 0.15) is 6.42 Å². The first-order chi connectivity index (χ1) is 5.16. The first-order valence-corrected chi connectivity index (χ1v) is 4.49. The number of hydrogen-bond acceptors (Lipinski definition) is 2. The minimum atomic E-state index is -1.91. The van der Waals surface area contributed by atoms with Crippen LogP contribution in [-0.4, -0.2) is 15.6 Å². The minimum absolute atomic E-state index is 0.454. The van der Waals surface area contributed by atoms with E-state index in [9.17, 15) is 13.3 Å². The predicted octanol–water partition coefficient (Wildman–Crippen LogP) is 1.08. The fraction of sp³-hybridized carbons (Fsp3) is 0.667. The van der Waals surface area contributed by atoms with Crippen LogP contribution in [0.5, 0.6) is 0 Å². The van der Waals surface area contributed by atoms with Crippen molar-refractivity contribution in [1.82, 2.24) is 0 Å². The third-order valence-electron chi connectivity index (χ3n) is 1.69. The molecule has 0 saturated carbocycles. The van der Waals surface area contributed by atoms with Crippen LogP contribution in [0.25, 0.3) is 0 Å². The molecule has 1 heterocycles. The fourth-order valence-corrected chi connectivity index (χ4v) is 2.11. The van der Waals surface area contributed by atoms with Crippen molar-refractivity contribution in [1.29, 1.82) is 5.26 Å². The van der Waals surface area contributed by atoms with Gasteiger partial charge in [-0.15, -0.1) is 0 Å². The summed E-state index contributed by atoms with van der Waals surface area (Å²) >= 11 is -1.20. The highest BCUT2D eigenvalue weighted by Gasteiger charge is 2.45. The average Bonchev–Trinajstić information content (AvgIpc) is 1.96. The minimum Gasteiger partial charge on any atom is -0.616 e. The Morgan fingerprint density at radius 3 is 2.45 bits per heavy atom. The van der Waals surface area contributed by atoms with Crippen LogP contribution in [0.15, 0.2) is 0 Å². The molecular formula is C6H6F2NOS. The van der Waals surface area contributed by atoms with Crippen LogP contribution in [0.4, 0.5) is 8.78 Å². The van der Waals surface area contributed by atoms with Crippen LogP contribution in [-0.2, 0) is 11.2 Å². The monoisotopic (exact) mass is 178 g/mol. The molecule has 0 spiro atoms. The maximum Gasteiger partial charge on any atom is 0.332 e. The third kappa shape index (κ3) is 1.63. The van der Waals surface area contributed by atoms with E-state index in [1.807, 2.05) is 0 Å². The summed E-state index contributed by atoms with van der Waals surface area (Å²) in [6.45, 7) is 0. The Hall–Kier alpha value is -0.340. The van der Waals surface area contributed by atoms with Crippen LogP contribution in [0, 0.1) is 23.7 Å². The number of rotatable bonds is 2. The Balaban J connectivity index is 2.50. The second-order valence-corrected chi connectivity index (χ2v) is 4.08. The molecule has 0 aliphatic carbocycles. The summed E-state index contributed by atoms with van der Waals surface area (Å²) in [7, 11) is 0. The molecule has 61 valence electrons. The molecule has 1 saturated heterocycles. The third-order valence-corrected chi connectivity index (χ3v) is 3.51. The van der Waals surface area contributed by atoms with E-state index in [1.54, 1.807) is 0 Å². The van der Waals surface area contributed by atoms with E-state index < -0.39 is 28.8 Å². The van der Waals surface area contributed by atoms with E-state index in [2.05, 4.69) is 0 Å². The molecule has 0 aromatic heterocycles. The van der Waals surface area contributed by atoms with Crippen molar-refractivity contribution in [3.05, 3.63) is 6.43 Å². The summed E-state index contributed by atoms with van der Waals surface area (Å²) in [5, 5.41) is 7.64. The molecule has 3 unspecified atom stereocenters. The van der Waals surface area contributed by atoms with Gasteiger partial charge in [0.05, 0.1) is 6.07 Å². The summed E-state index contributed by atoms with van der Waals surface area (Å²) in [4.78, 5) is 0. The fourth-order valence-electron chi connectivity index (χ4n) is 0.941. The van der Waals surface area contributed by atoms with Gasteiger partial charge in [0.25, 0.3) is 0 Å². The molecule has 1 radical (unpaired) electrons. The zero-order valence-electron chi connectivity index (χ0n) is 5.59. The molecule has 1 rings (SSSR count). The van der Waals surface area contributed by atoms with Crippen molar-refractivity contribution in [3.63, 3.8) is 0 Å². The molecule has 0 aromatic rings. The van der Waals surface area contributed by atoms with Crippen molar-refractivity contribution in [2.75, 3.05) is 5.75 Å². The second-order valence-electron chi connectivity index (χ2n) is 2.31. The maximum atomic E-state index is 11.9. The second kappa shape index (κ2) is 3.37. The molecule has 0 aromatic carbocycles. The van der Waals surface area contributed by atoms with Crippen LogP contribution in [0.3, 0.4) is 0 Å². The summed E-state index contributed by atoms with van der Waals surface area (Å²) < 4.78 is 34.6. The standard InChI is InChI=1S/C6H6F2NOS/c7-6(8)4(3-9)5-1-2-11(5)10/h4-5H,1-2H2. The lowest BCUT2D eigenvalue weighted by Gasteiger charge is -2.31. The zero-order valence-corrected chi connectivity index (χ0v) is 6.41. The maximum absolute atomic E-state index is 11.9. The van der Waals surface area contributed by atoms with Gasteiger partial charge in [-0.25, -0.2) is 0 Å². The summed E-state index contributed by atoms with van der Waals surface area (Å²) in [5.41, 5.74) is 0. The molecular weight excluding hydrogens is 172 g/mol. The van der Waals surface area contributed by atoms with Gasteiger partial charge in [-0.3, -0.25) is 0 Å². The first kappa shape index (κ1) is 8.75. The van der Waals surface area contributed by atoms with Gasteiger partial charge in [-0.2, -0.15) is 14.0 Å². The molecule has 0 amide bonds. The lowest BCUT2D eigenvalue weighted by Crippen LogP contribution is -2.42. The van der Waals surface area contributed by atoms with Crippen molar-refractivity contribution in [2.24, 2.45) is 5.92 Å². The number of halogens is 2. The van der Waals surface area contributed by atoms with Crippen molar-refractivity contribution in [2.45, 2.75) is 11.7 Å². The predicted molar refractivity (Wildman–Crippen MR) is 36.0 cm³/mol. The van der Waals surface area contributed by atoms with E-state index in [-0.39, 0.29) is 0 Å². The quantitative estimate of drug-likeness (QED) is 0.594. The normalized spacial score (nSPS) is 32.6. The molecule has 5 heteroatoms. The summed E-state index contributed by atoms with van der Waals surface area (Å²) in [6.07, 6.45) is -1.44. The van der Waals surface area contributed by atoms with Crippen LogP contribution in [0.2, 0.25) is 0 Å². The van der Waals surface area contributed by atoms with Gasteiger partial charge in [0.15, 0.2) is 5.92 Å². The number of nitrogens with zero attached hydrogens (tertiary/aromatic N) is 1. The molecule has 1 aliphatic rings. The smallest absolute Gasteiger partial charge is 0.332 e.